The van der Waals surface area contributed by atoms with Crippen molar-refractivity contribution in [1.82, 2.24) is 9.78 Å². The van der Waals surface area contributed by atoms with Gasteiger partial charge in [-0.25, -0.2) is 0 Å². The minimum Gasteiger partial charge on any atom is -0.493 e. The SMILES string of the molecule is CCCn1ncc(OC)c1C(N)c1coc(C)c1. The molecule has 0 saturated heterocycles. The van der Waals surface area contributed by atoms with E-state index in [9.17, 15) is 0 Å². The molecule has 0 aromatic carbocycles. The Hall–Kier alpha value is -1.75. The summed E-state index contributed by atoms with van der Waals surface area (Å²) < 4.78 is 12.5. The van der Waals surface area contributed by atoms with Gasteiger partial charge in [-0.2, -0.15) is 5.10 Å². The van der Waals surface area contributed by atoms with Crippen molar-refractivity contribution in [3.8, 4) is 5.75 Å². The van der Waals surface area contributed by atoms with Crippen LogP contribution in [0.4, 0.5) is 0 Å². The van der Waals surface area contributed by atoms with E-state index in [4.69, 9.17) is 14.9 Å². The third kappa shape index (κ3) is 2.26. The first kappa shape index (κ1) is 12.7. The van der Waals surface area contributed by atoms with Gasteiger partial charge in [0, 0.05) is 12.1 Å². The molecule has 0 spiro atoms. The van der Waals surface area contributed by atoms with Crippen LogP contribution in [0.5, 0.6) is 5.75 Å². The van der Waals surface area contributed by atoms with Gasteiger partial charge in [-0.3, -0.25) is 4.68 Å². The normalized spacial score (nSPS) is 12.7. The molecule has 0 fully saturated rings. The largest absolute Gasteiger partial charge is 0.493 e. The van der Waals surface area contributed by atoms with E-state index >= 15 is 0 Å². The van der Waals surface area contributed by atoms with Crippen LogP contribution in [0.2, 0.25) is 0 Å². The average Bonchev–Trinajstić information content (AvgIpc) is 2.95. The molecule has 18 heavy (non-hydrogen) atoms. The van der Waals surface area contributed by atoms with Crippen LogP contribution in [0.25, 0.3) is 0 Å². The summed E-state index contributed by atoms with van der Waals surface area (Å²) in [5.74, 6) is 1.57. The number of nitrogens with two attached hydrogens (primary N) is 1. The molecular weight excluding hydrogens is 230 g/mol. The molecule has 2 rings (SSSR count). The number of nitrogens with zero attached hydrogens (tertiary/aromatic N) is 2. The van der Waals surface area contributed by atoms with Gasteiger partial charge in [-0.1, -0.05) is 6.92 Å². The summed E-state index contributed by atoms with van der Waals surface area (Å²) in [6.07, 6.45) is 4.38. The predicted molar refractivity (Wildman–Crippen MR) is 68.5 cm³/mol. The van der Waals surface area contributed by atoms with Crippen molar-refractivity contribution in [1.29, 1.82) is 0 Å². The molecule has 0 aliphatic heterocycles. The van der Waals surface area contributed by atoms with Crippen molar-refractivity contribution >= 4 is 0 Å². The van der Waals surface area contributed by atoms with E-state index in [0.29, 0.717) is 0 Å². The highest BCUT2D eigenvalue weighted by Crippen LogP contribution is 2.29. The molecule has 2 N–H and O–H groups in total. The lowest BCUT2D eigenvalue weighted by atomic mass is 10.1. The summed E-state index contributed by atoms with van der Waals surface area (Å²) in [6.45, 7) is 4.82. The standard InChI is InChI=1S/C13H19N3O2/c1-4-5-16-13(11(17-3)7-15-16)12(14)10-6-9(2)18-8-10/h6-8,12H,4-5,14H2,1-3H3. The molecule has 1 unspecified atom stereocenters. The number of methoxy groups -OCH3 is 1. The minimum atomic E-state index is -0.286. The number of rotatable bonds is 5. The van der Waals surface area contributed by atoms with Crippen LogP contribution in [-0.4, -0.2) is 16.9 Å². The highest BCUT2D eigenvalue weighted by atomic mass is 16.5. The van der Waals surface area contributed by atoms with E-state index in [2.05, 4.69) is 12.0 Å². The zero-order valence-corrected chi connectivity index (χ0v) is 11.0. The Balaban J connectivity index is 2.38. The molecule has 5 nitrogen and oxygen atoms in total. The van der Waals surface area contributed by atoms with E-state index < -0.39 is 0 Å². The Morgan fingerprint density at radius 3 is 2.89 bits per heavy atom. The average molecular weight is 249 g/mol. The second-order valence-corrected chi connectivity index (χ2v) is 4.29. The first-order valence-electron chi connectivity index (χ1n) is 6.07. The van der Waals surface area contributed by atoms with Crippen LogP contribution in [-0.2, 0) is 6.54 Å². The van der Waals surface area contributed by atoms with E-state index in [-0.39, 0.29) is 6.04 Å². The molecule has 2 aromatic rings. The first-order chi connectivity index (χ1) is 8.67. The van der Waals surface area contributed by atoms with Crippen LogP contribution in [0, 0.1) is 6.92 Å². The topological polar surface area (TPSA) is 66.2 Å². The van der Waals surface area contributed by atoms with Gasteiger partial charge in [0.2, 0.25) is 0 Å². The van der Waals surface area contributed by atoms with Crippen LogP contribution in [0.1, 0.15) is 36.4 Å². The Bertz CT molecular complexity index is 516. The van der Waals surface area contributed by atoms with Gasteiger partial charge in [0.25, 0.3) is 0 Å². The summed E-state index contributed by atoms with van der Waals surface area (Å²) in [5, 5.41) is 4.31. The summed E-state index contributed by atoms with van der Waals surface area (Å²) in [4.78, 5) is 0. The van der Waals surface area contributed by atoms with Crippen molar-refractivity contribution in [3.63, 3.8) is 0 Å². The molecule has 1 atom stereocenters. The maximum absolute atomic E-state index is 6.28. The fourth-order valence-electron chi connectivity index (χ4n) is 2.02. The zero-order valence-electron chi connectivity index (χ0n) is 11.0. The molecule has 0 radical (unpaired) electrons. The molecule has 2 aromatic heterocycles. The molecule has 0 aliphatic carbocycles. The Labute approximate surface area is 107 Å². The number of aryl methyl sites for hydroxylation is 2. The fourth-order valence-corrected chi connectivity index (χ4v) is 2.02. The van der Waals surface area contributed by atoms with Gasteiger partial charge in [0.1, 0.15) is 11.5 Å². The van der Waals surface area contributed by atoms with Crippen molar-refractivity contribution in [2.75, 3.05) is 7.11 Å². The second-order valence-electron chi connectivity index (χ2n) is 4.29. The minimum absolute atomic E-state index is 0.286. The fraction of sp³-hybridized carbons (Fsp3) is 0.462. The third-order valence-electron chi connectivity index (χ3n) is 2.90. The highest BCUT2D eigenvalue weighted by Gasteiger charge is 2.21. The molecule has 0 bridgehead atoms. The van der Waals surface area contributed by atoms with Gasteiger partial charge in [-0.05, 0) is 19.4 Å². The number of hydrogen-bond acceptors (Lipinski definition) is 4. The Kier molecular flexibility index (Phi) is 3.72. The van der Waals surface area contributed by atoms with Gasteiger partial charge >= 0.3 is 0 Å². The summed E-state index contributed by atoms with van der Waals surface area (Å²) in [5.41, 5.74) is 8.10. The van der Waals surface area contributed by atoms with Crippen LogP contribution >= 0.6 is 0 Å². The Morgan fingerprint density at radius 2 is 2.33 bits per heavy atom. The molecule has 0 aliphatic rings. The molecule has 5 heteroatoms. The molecular formula is C13H19N3O2. The van der Waals surface area contributed by atoms with E-state index in [1.807, 2.05) is 17.7 Å². The molecule has 2 heterocycles. The maximum atomic E-state index is 6.28. The number of hydrogen-bond donors (Lipinski definition) is 1. The number of furan rings is 1. The summed E-state index contributed by atoms with van der Waals surface area (Å²) in [7, 11) is 1.63. The van der Waals surface area contributed by atoms with Crippen molar-refractivity contribution in [2.45, 2.75) is 32.9 Å². The zero-order chi connectivity index (χ0) is 13.1. The molecule has 0 saturated carbocycles. The first-order valence-corrected chi connectivity index (χ1v) is 6.07. The number of aromatic nitrogens is 2. The van der Waals surface area contributed by atoms with Crippen LogP contribution in [0.15, 0.2) is 22.9 Å². The lowest BCUT2D eigenvalue weighted by molar-refractivity contribution is 0.403. The van der Waals surface area contributed by atoms with Gasteiger partial charge in [0.05, 0.1) is 25.6 Å². The van der Waals surface area contributed by atoms with Crippen molar-refractivity contribution in [3.05, 3.63) is 35.5 Å². The lowest BCUT2D eigenvalue weighted by Gasteiger charge is -2.14. The van der Waals surface area contributed by atoms with Crippen LogP contribution < -0.4 is 10.5 Å². The molecule has 0 amide bonds. The second kappa shape index (κ2) is 5.27. The smallest absolute Gasteiger partial charge is 0.161 e. The highest BCUT2D eigenvalue weighted by molar-refractivity contribution is 5.35. The van der Waals surface area contributed by atoms with Gasteiger partial charge < -0.3 is 14.9 Å². The van der Waals surface area contributed by atoms with Crippen LogP contribution in [0.3, 0.4) is 0 Å². The van der Waals surface area contributed by atoms with E-state index in [1.165, 1.54) is 0 Å². The summed E-state index contributed by atoms with van der Waals surface area (Å²) >= 11 is 0. The van der Waals surface area contributed by atoms with Crippen molar-refractivity contribution < 1.29 is 9.15 Å². The monoisotopic (exact) mass is 249 g/mol. The van der Waals surface area contributed by atoms with Crippen molar-refractivity contribution in [2.24, 2.45) is 5.73 Å². The lowest BCUT2D eigenvalue weighted by Crippen LogP contribution is -2.18. The quantitative estimate of drug-likeness (QED) is 0.882. The summed E-state index contributed by atoms with van der Waals surface area (Å²) in [6, 6.07) is 1.65. The Morgan fingerprint density at radius 1 is 1.56 bits per heavy atom. The maximum Gasteiger partial charge on any atom is 0.161 e. The van der Waals surface area contributed by atoms with Gasteiger partial charge in [0.15, 0.2) is 5.75 Å². The van der Waals surface area contributed by atoms with E-state index in [0.717, 1.165) is 35.7 Å². The number of ether oxygens (including phenoxy) is 1. The molecule has 98 valence electrons. The third-order valence-corrected chi connectivity index (χ3v) is 2.90. The van der Waals surface area contributed by atoms with Gasteiger partial charge in [-0.15, -0.1) is 0 Å². The predicted octanol–water partition coefficient (Wildman–Crippen LogP) is 2.25. The van der Waals surface area contributed by atoms with E-state index in [1.54, 1.807) is 19.6 Å².